The first-order valence-corrected chi connectivity index (χ1v) is 5.54. The van der Waals surface area contributed by atoms with Crippen molar-refractivity contribution in [3.8, 4) is 0 Å². The highest BCUT2D eigenvalue weighted by Crippen LogP contribution is 2.13. The third-order valence-electron chi connectivity index (χ3n) is 1.70. The molecule has 1 aromatic rings. The van der Waals surface area contributed by atoms with Gasteiger partial charge in [0.05, 0.1) is 5.54 Å². The maximum absolute atomic E-state index is 5.46. The van der Waals surface area contributed by atoms with Crippen LogP contribution in [0.15, 0.2) is 33.7 Å². The highest BCUT2D eigenvalue weighted by molar-refractivity contribution is 9.10. The summed E-state index contributed by atoms with van der Waals surface area (Å²) >= 11 is 3.39. The number of hydrogen-bond donors (Lipinski definition) is 2. The Morgan fingerprint density at radius 2 is 1.80 bits per heavy atom. The standard InChI is InChI=1S/C11H16BrN3/c1-11(2,3)14-10(15-13)8-4-6-9(12)7-5-8/h4-7H,13H2,1-3H3,(H,14,15). The summed E-state index contributed by atoms with van der Waals surface area (Å²) in [6.45, 7) is 6.09. The summed E-state index contributed by atoms with van der Waals surface area (Å²) in [7, 11) is 0. The van der Waals surface area contributed by atoms with Gasteiger partial charge in [0.1, 0.15) is 5.84 Å². The minimum atomic E-state index is -0.144. The second-order valence-corrected chi connectivity index (χ2v) is 5.20. The molecule has 3 N–H and O–H groups in total. The fraction of sp³-hybridized carbons (Fsp3) is 0.364. The van der Waals surface area contributed by atoms with Gasteiger partial charge in [-0.1, -0.05) is 28.1 Å². The average molecular weight is 270 g/mol. The van der Waals surface area contributed by atoms with Crippen LogP contribution in [0.25, 0.3) is 0 Å². The van der Waals surface area contributed by atoms with E-state index in [0.717, 1.165) is 10.0 Å². The Bertz CT molecular complexity index is 349. The molecule has 4 heteroatoms. The van der Waals surface area contributed by atoms with Crippen molar-refractivity contribution in [3.05, 3.63) is 34.3 Å². The molecule has 0 saturated carbocycles. The summed E-state index contributed by atoms with van der Waals surface area (Å²) in [5, 5.41) is 0. The quantitative estimate of drug-likeness (QED) is 0.356. The van der Waals surface area contributed by atoms with E-state index in [1.165, 1.54) is 0 Å². The van der Waals surface area contributed by atoms with Crippen LogP contribution in [0.3, 0.4) is 0 Å². The summed E-state index contributed by atoms with van der Waals surface area (Å²) in [6, 6.07) is 7.86. The number of aliphatic imine (C=N–C) groups is 1. The number of hydrogen-bond acceptors (Lipinski definition) is 2. The Hall–Kier alpha value is -0.870. The fourth-order valence-corrected chi connectivity index (χ4v) is 1.39. The molecule has 0 radical (unpaired) electrons. The number of nitrogens with zero attached hydrogens (tertiary/aromatic N) is 1. The first-order chi connectivity index (χ1) is 6.92. The lowest BCUT2D eigenvalue weighted by atomic mass is 10.1. The zero-order valence-corrected chi connectivity index (χ0v) is 10.8. The van der Waals surface area contributed by atoms with E-state index < -0.39 is 0 Å². The normalized spacial score (nSPS) is 12.7. The lowest BCUT2D eigenvalue weighted by Gasteiger charge is -2.15. The first kappa shape index (κ1) is 12.2. The molecule has 15 heavy (non-hydrogen) atoms. The van der Waals surface area contributed by atoms with Crippen molar-refractivity contribution in [2.24, 2.45) is 10.8 Å². The van der Waals surface area contributed by atoms with Crippen LogP contribution < -0.4 is 11.3 Å². The van der Waals surface area contributed by atoms with E-state index in [1.54, 1.807) is 0 Å². The maximum atomic E-state index is 5.46. The van der Waals surface area contributed by atoms with Crippen LogP contribution in [0.2, 0.25) is 0 Å². The minimum Gasteiger partial charge on any atom is -0.308 e. The van der Waals surface area contributed by atoms with E-state index in [1.807, 2.05) is 45.0 Å². The van der Waals surface area contributed by atoms with Gasteiger partial charge in [-0.2, -0.15) is 0 Å². The van der Waals surface area contributed by atoms with Crippen LogP contribution in [0.4, 0.5) is 0 Å². The molecule has 1 rings (SSSR count). The number of amidine groups is 1. The summed E-state index contributed by atoms with van der Waals surface area (Å²) in [4.78, 5) is 4.49. The molecule has 0 aliphatic carbocycles. The van der Waals surface area contributed by atoms with Crippen LogP contribution in [0, 0.1) is 0 Å². The van der Waals surface area contributed by atoms with Gasteiger partial charge in [-0.25, -0.2) is 5.84 Å². The SMILES string of the molecule is CC(C)(C)N=C(NN)c1ccc(Br)cc1. The number of rotatable bonds is 1. The van der Waals surface area contributed by atoms with Gasteiger partial charge < -0.3 is 5.43 Å². The van der Waals surface area contributed by atoms with Gasteiger partial charge in [-0.05, 0) is 32.9 Å². The van der Waals surface area contributed by atoms with Gasteiger partial charge >= 0.3 is 0 Å². The third-order valence-corrected chi connectivity index (χ3v) is 2.23. The molecule has 0 saturated heterocycles. The van der Waals surface area contributed by atoms with Crippen molar-refractivity contribution in [2.75, 3.05) is 0 Å². The lowest BCUT2D eigenvalue weighted by molar-refractivity contribution is 0.580. The number of nitrogens with two attached hydrogens (primary N) is 1. The largest absolute Gasteiger partial charge is 0.308 e. The van der Waals surface area contributed by atoms with Gasteiger partial charge in [-0.15, -0.1) is 0 Å². The molecule has 0 aliphatic rings. The molecular weight excluding hydrogens is 254 g/mol. The van der Waals surface area contributed by atoms with Gasteiger partial charge in [0.25, 0.3) is 0 Å². The van der Waals surface area contributed by atoms with Crippen LogP contribution in [-0.4, -0.2) is 11.4 Å². The Morgan fingerprint density at radius 3 is 2.20 bits per heavy atom. The summed E-state index contributed by atoms with van der Waals surface area (Å²) in [6.07, 6.45) is 0. The van der Waals surface area contributed by atoms with E-state index in [0.29, 0.717) is 5.84 Å². The van der Waals surface area contributed by atoms with Crippen molar-refractivity contribution in [1.82, 2.24) is 5.43 Å². The van der Waals surface area contributed by atoms with Crippen LogP contribution in [0.5, 0.6) is 0 Å². The second kappa shape index (κ2) is 4.77. The Kier molecular flexibility index (Phi) is 3.88. The molecule has 0 atom stereocenters. The Labute approximate surface area is 98.9 Å². The van der Waals surface area contributed by atoms with Crippen molar-refractivity contribution in [1.29, 1.82) is 0 Å². The minimum absolute atomic E-state index is 0.144. The van der Waals surface area contributed by atoms with E-state index in [-0.39, 0.29) is 5.54 Å². The number of nitrogens with one attached hydrogen (secondary N) is 1. The highest BCUT2D eigenvalue weighted by Gasteiger charge is 2.10. The smallest absolute Gasteiger partial charge is 0.143 e. The molecule has 0 bridgehead atoms. The van der Waals surface area contributed by atoms with E-state index in [4.69, 9.17) is 5.84 Å². The highest BCUT2D eigenvalue weighted by atomic mass is 79.9. The summed E-state index contributed by atoms with van der Waals surface area (Å²) in [5.74, 6) is 6.16. The number of halogens is 1. The van der Waals surface area contributed by atoms with Crippen molar-refractivity contribution in [2.45, 2.75) is 26.3 Å². The van der Waals surface area contributed by atoms with Gasteiger partial charge in [0.2, 0.25) is 0 Å². The second-order valence-electron chi connectivity index (χ2n) is 4.28. The van der Waals surface area contributed by atoms with E-state index in [9.17, 15) is 0 Å². The van der Waals surface area contributed by atoms with Crippen LogP contribution in [-0.2, 0) is 0 Å². The predicted molar refractivity (Wildman–Crippen MR) is 67.8 cm³/mol. The average Bonchev–Trinajstić information content (AvgIpc) is 2.14. The van der Waals surface area contributed by atoms with Gasteiger partial charge in [0, 0.05) is 10.0 Å². The van der Waals surface area contributed by atoms with Crippen molar-refractivity contribution in [3.63, 3.8) is 0 Å². The number of hydrazine groups is 1. The molecule has 0 amide bonds. The summed E-state index contributed by atoms with van der Waals surface area (Å²) in [5.41, 5.74) is 3.47. The summed E-state index contributed by atoms with van der Waals surface area (Å²) < 4.78 is 1.04. The maximum Gasteiger partial charge on any atom is 0.143 e. The van der Waals surface area contributed by atoms with Crippen LogP contribution >= 0.6 is 15.9 Å². The Morgan fingerprint density at radius 1 is 1.27 bits per heavy atom. The zero-order chi connectivity index (χ0) is 11.5. The predicted octanol–water partition coefficient (Wildman–Crippen LogP) is 2.46. The topological polar surface area (TPSA) is 50.4 Å². The molecule has 1 aromatic carbocycles. The van der Waals surface area contributed by atoms with Gasteiger partial charge in [0.15, 0.2) is 0 Å². The fourth-order valence-electron chi connectivity index (χ4n) is 1.12. The molecule has 3 nitrogen and oxygen atoms in total. The van der Waals surface area contributed by atoms with Crippen molar-refractivity contribution < 1.29 is 0 Å². The molecule has 82 valence electrons. The third kappa shape index (κ3) is 4.01. The molecule has 0 aromatic heterocycles. The lowest BCUT2D eigenvalue weighted by Crippen LogP contribution is -2.33. The van der Waals surface area contributed by atoms with Crippen molar-refractivity contribution >= 4 is 21.8 Å². The van der Waals surface area contributed by atoms with E-state index in [2.05, 4.69) is 26.3 Å². The molecule has 0 fully saturated rings. The Balaban J connectivity index is 3.03. The first-order valence-electron chi connectivity index (χ1n) is 4.75. The van der Waals surface area contributed by atoms with E-state index >= 15 is 0 Å². The molecule has 0 aliphatic heterocycles. The van der Waals surface area contributed by atoms with Gasteiger partial charge in [-0.3, -0.25) is 4.99 Å². The number of benzene rings is 1. The molecule has 0 unspecified atom stereocenters. The monoisotopic (exact) mass is 269 g/mol. The van der Waals surface area contributed by atoms with Crippen LogP contribution in [0.1, 0.15) is 26.3 Å². The zero-order valence-electron chi connectivity index (χ0n) is 9.21. The molecular formula is C11H16BrN3. The molecule has 0 spiro atoms. The molecule has 0 heterocycles.